The van der Waals surface area contributed by atoms with Gasteiger partial charge in [0.05, 0.1) is 6.20 Å². The predicted octanol–water partition coefficient (Wildman–Crippen LogP) is 2.83. The van der Waals surface area contributed by atoms with Gasteiger partial charge >= 0.3 is 0 Å². The van der Waals surface area contributed by atoms with Crippen LogP contribution >= 0.6 is 22.6 Å². The van der Waals surface area contributed by atoms with Crippen molar-refractivity contribution in [2.24, 2.45) is 0 Å². The van der Waals surface area contributed by atoms with Gasteiger partial charge in [-0.1, -0.05) is 13.0 Å². The first kappa shape index (κ1) is 12.1. The summed E-state index contributed by atoms with van der Waals surface area (Å²) in [5.74, 6) is 0.554. The van der Waals surface area contributed by atoms with E-state index in [1.165, 1.54) is 0 Å². The van der Waals surface area contributed by atoms with E-state index in [4.69, 9.17) is 0 Å². The number of nitrogens with one attached hydrogen (secondary N) is 2. The van der Waals surface area contributed by atoms with E-state index in [-0.39, 0.29) is 5.91 Å². The van der Waals surface area contributed by atoms with Crippen LogP contribution in [0.15, 0.2) is 30.5 Å². The second-order valence-corrected chi connectivity index (χ2v) is 4.83. The third-order valence-electron chi connectivity index (χ3n) is 2.42. The lowest BCUT2D eigenvalue weighted by Crippen LogP contribution is -2.13. The van der Waals surface area contributed by atoms with Crippen molar-refractivity contribution in [1.29, 1.82) is 0 Å². The van der Waals surface area contributed by atoms with E-state index in [0.717, 1.165) is 15.6 Å². The van der Waals surface area contributed by atoms with Crippen molar-refractivity contribution in [3.05, 3.63) is 45.2 Å². The molecule has 4 nitrogen and oxygen atoms in total. The van der Waals surface area contributed by atoms with Crippen molar-refractivity contribution < 1.29 is 4.79 Å². The summed E-state index contributed by atoms with van der Waals surface area (Å²) in [4.78, 5) is 12.0. The zero-order valence-electron chi connectivity index (χ0n) is 9.33. The molecule has 2 N–H and O–H groups in total. The van der Waals surface area contributed by atoms with E-state index in [1.807, 2.05) is 25.1 Å². The maximum atomic E-state index is 12.0. The third-order valence-corrected chi connectivity index (χ3v) is 3.10. The van der Waals surface area contributed by atoms with Gasteiger partial charge in [0.1, 0.15) is 5.82 Å². The van der Waals surface area contributed by atoms with Crippen molar-refractivity contribution in [2.45, 2.75) is 13.3 Å². The Balaban J connectivity index is 2.17. The molecule has 1 amide bonds. The summed E-state index contributed by atoms with van der Waals surface area (Å²) < 4.78 is 1.04. The first-order chi connectivity index (χ1) is 8.20. The van der Waals surface area contributed by atoms with Crippen LogP contribution in [0.3, 0.4) is 0 Å². The van der Waals surface area contributed by atoms with Crippen molar-refractivity contribution in [2.75, 3.05) is 5.32 Å². The molecule has 0 aliphatic carbocycles. The molecule has 2 rings (SSSR count). The number of aromatic amines is 1. The number of rotatable bonds is 3. The number of benzene rings is 1. The standard InChI is InChI=1S/C12H12IN3O/c1-2-8-7-14-16-11(8)15-12(17)9-4-3-5-10(13)6-9/h3-7H,2H2,1H3,(H2,14,15,16,17). The molecule has 0 spiro atoms. The van der Waals surface area contributed by atoms with E-state index >= 15 is 0 Å². The van der Waals surface area contributed by atoms with E-state index in [1.54, 1.807) is 12.3 Å². The number of aryl methyl sites for hydroxylation is 1. The largest absolute Gasteiger partial charge is 0.307 e. The number of nitrogens with zero attached hydrogens (tertiary/aromatic N) is 1. The van der Waals surface area contributed by atoms with E-state index < -0.39 is 0 Å². The second-order valence-electron chi connectivity index (χ2n) is 3.59. The van der Waals surface area contributed by atoms with Gasteiger partial charge in [-0.2, -0.15) is 5.10 Å². The summed E-state index contributed by atoms with van der Waals surface area (Å²) in [7, 11) is 0. The highest BCUT2D eigenvalue weighted by Gasteiger charge is 2.09. The number of hydrogen-bond donors (Lipinski definition) is 2. The van der Waals surface area contributed by atoms with Gasteiger partial charge in [-0.05, 0) is 47.2 Å². The van der Waals surface area contributed by atoms with Crippen molar-refractivity contribution >= 4 is 34.3 Å². The molecule has 0 atom stereocenters. The molecule has 0 saturated carbocycles. The van der Waals surface area contributed by atoms with Crippen LogP contribution in [0.25, 0.3) is 0 Å². The third kappa shape index (κ3) is 2.85. The number of H-pyrrole nitrogens is 1. The van der Waals surface area contributed by atoms with Crippen molar-refractivity contribution in [3.63, 3.8) is 0 Å². The van der Waals surface area contributed by atoms with Gasteiger partial charge in [-0.3, -0.25) is 9.89 Å². The first-order valence-corrected chi connectivity index (χ1v) is 6.37. The minimum atomic E-state index is -0.123. The first-order valence-electron chi connectivity index (χ1n) is 5.30. The monoisotopic (exact) mass is 341 g/mol. The Morgan fingerprint density at radius 1 is 1.53 bits per heavy atom. The summed E-state index contributed by atoms with van der Waals surface area (Å²) >= 11 is 2.18. The Labute approximate surface area is 113 Å². The summed E-state index contributed by atoms with van der Waals surface area (Å²) in [5, 5.41) is 9.53. The lowest BCUT2D eigenvalue weighted by molar-refractivity contribution is 0.102. The average Bonchev–Trinajstić information content (AvgIpc) is 2.76. The number of aromatic nitrogens is 2. The molecular weight excluding hydrogens is 329 g/mol. The lowest BCUT2D eigenvalue weighted by Gasteiger charge is -2.04. The smallest absolute Gasteiger partial charge is 0.256 e. The molecule has 0 radical (unpaired) electrons. The number of anilines is 1. The molecule has 1 aromatic carbocycles. The Kier molecular flexibility index (Phi) is 3.78. The molecule has 88 valence electrons. The van der Waals surface area contributed by atoms with Crippen LogP contribution in [-0.4, -0.2) is 16.1 Å². The molecule has 1 heterocycles. The SMILES string of the molecule is CCc1cn[nH]c1NC(=O)c1cccc(I)c1. The van der Waals surface area contributed by atoms with Crippen LogP contribution in [0.1, 0.15) is 22.8 Å². The normalized spacial score (nSPS) is 10.2. The highest BCUT2D eigenvalue weighted by Crippen LogP contribution is 2.14. The molecule has 17 heavy (non-hydrogen) atoms. The fraction of sp³-hybridized carbons (Fsp3) is 0.167. The number of hydrogen-bond acceptors (Lipinski definition) is 2. The number of halogens is 1. The highest BCUT2D eigenvalue weighted by molar-refractivity contribution is 14.1. The fourth-order valence-electron chi connectivity index (χ4n) is 1.50. The quantitative estimate of drug-likeness (QED) is 0.844. The van der Waals surface area contributed by atoms with Gasteiger partial charge in [-0.25, -0.2) is 0 Å². The van der Waals surface area contributed by atoms with Crippen molar-refractivity contribution in [3.8, 4) is 0 Å². The van der Waals surface area contributed by atoms with E-state index in [0.29, 0.717) is 11.4 Å². The van der Waals surface area contributed by atoms with Crippen LogP contribution in [0, 0.1) is 3.57 Å². The molecule has 1 aromatic heterocycles. The Hall–Kier alpha value is -1.37. The zero-order chi connectivity index (χ0) is 12.3. The maximum absolute atomic E-state index is 12.0. The molecule has 0 unspecified atom stereocenters. The molecule has 0 bridgehead atoms. The number of amides is 1. The van der Waals surface area contributed by atoms with Gasteiger partial charge in [0.15, 0.2) is 0 Å². The molecule has 5 heteroatoms. The molecule has 2 aromatic rings. The molecule has 0 aliphatic rings. The minimum Gasteiger partial charge on any atom is -0.307 e. The topological polar surface area (TPSA) is 57.8 Å². The Morgan fingerprint density at radius 2 is 2.35 bits per heavy atom. The highest BCUT2D eigenvalue weighted by atomic mass is 127. The van der Waals surface area contributed by atoms with Gasteiger partial charge in [-0.15, -0.1) is 0 Å². The molecule has 0 saturated heterocycles. The van der Waals surface area contributed by atoms with Crippen LogP contribution in [0.2, 0.25) is 0 Å². The second kappa shape index (κ2) is 5.31. The van der Waals surface area contributed by atoms with Crippen LogP contribution in [-0.2, 0) is 6.42 Å². The lowest BCUT2D eigenvalue weighted by atomic mass is 10.2. The summed E-state index contributed by atoms with van der Waals surface area (Å²) in [6.45, 7) is 2.02. The molecule has 0 aliphatic heterocycles. The number of carbonyl (C=O) groups is 1. The Morgan fingerprint density at radius 3 is 3.06 bits per heavy atom. The van der Waals surface area contributed by atoms with Gasteiger partial charge in [0.2, 0.25) is 0 Å². The average molecular weight is 341 g/mol. The predicted molar refractivity (Wildman–Crippen MR) is 75.1 cm³/mol. The minimum absolute atomic E-state index is 0.123. The fourth-order valence-corrected chi connectivity index (χ4v) is 2.05. The van der Waals surface area contributed by atoms with Gasteiger partial charge in [0, 0.05) is 14.7 Å². The van der Waals surface area contributed by atoms with Gasteiger partial charge in [0.25, 0.3) is 5.91 Å². The van der Waals surface area contributed by atoms with Crippen LogP contribution in [0.4, 0.5) is 5.82 Å². The van der Waals surface area contributed by atoms with E-state index in [2.05, 4.69) is 38.1 Å². The number of carbonyl (C=O) groups excluding carboxylic acids is 1. The van der Waals surface area contributed by atoms with Crippen molar-refractivity contribution in [1.82, 2.24) is 10.2 Å². The Bertz CT molecular complexity index is 536. The summed E-state index contributed by atoms with van der Waals surface area (Å²) in [6, 6.07) is 7.45. The summed E-state index contributed by atoms with van der Waals surface area (Å²) in [6.07, 6.45) is 2.56. The van der Waals surface area contributed by atoms with E-state index in [9.17, 15) is 4.79 Å². The summed E-state index contributed by atoms with van der Waals surface area (Å²) in [5.41, 5.74) is 1.65. The zero-order valence-corrected chi connectivity index (χ0v) is 11.5. The molecule has 0 fully saturated rings. The maximum Gasteiger partial charge on any atom is 0.256 e. The van der Waals surface area contributed by atoms with Gasteiger partial charge < -0.3 is 5.32 Å². The molecular formula is C12H12IN3O. The van der Waals surface area contributed by atoms with Crippen LogP contribution in [0.5, 0.6) is 0 Å². The van der Waals surface area contributed by atoms with Crippen LogP contribution < -0.4 is 5.32 Å².